The van der Waals surface area contributed by atoms with Gasteiger partial charge in [-0.1, -0.05) is 51.7 Å². The molecular weight excluding hydrogens is 490 g/mol. The SMILES string of the molecule is CCOc1cc(NC(=O)[C@@H](CO)c2ccccc2)ccc1S(=O)(=O)Nc1cccc(C(C)(F)P)c1. The van der Waals surface area contributed by atoms with Gasteiger partial charge in [0.05, 0.1) is 19.1 Å². The molecule has 0 fully saturated rings. The molecule has 3 aromatic rings. The third kappa shape index (κ3) is 6.78. The summed E-state index contributed by atoms with van der Waals surface area (Å²) in [5.74, 6) is -1.20. The average Bonchev–Trinajstić information content (AvgIpc) is 2.80. The number of rotatable bonds is 10. The summed E-state index contributed by atoms with van der Waals surface area (Å²) in [5.41, 5.74) is 1.45. The Morgan fingerprint density at radius 2 is 1.80 bits per heavy atom. The third-order valence-electron chi connectivity index (χ3n) is 5.18. The number of hydrogen-bond acceptors (Lipinski definition) is 5. The van der Waals surface area contributed by atoms with E-state index in [1.54, 1.807) is 43.3 Å². The van der Waals surface area contributed by atoms with Crippen LogP contribution in [0.5, 0.6) is 5.75 Å². The molecule has 3 atom stereocenters. The molecule has 0 saturated carbocycles. The number of hydrogen-bond donors (Lipinski definition) is 3. The molecular formula is C25H28FN2O5PS. The Labute approximate surface area is 207 Å². The van der Waals surface area contributed by atoms with Gasteiger partial charge in [-0.3, -0.25) is 9.52 Å². The number of amides is 1. The molecule has 0 heterocycles. The highest BCUT2D eigenvalue weighted by Crippen LogP contribution is 2.35. The lowest BCUT2D eigenvalue weighted by molar-refractivity contribution is -0.118. The van der Waals surface area contributed by atoms with Gasteiger partial charge in [0, 0.05) is 17.4 Å². The summed E-state index contributed by atoms with van der Waals surface area (Å²) >= 11 is 0. The van der Waals surface area contributed by atoms with E-state index in [1.165, 1.54) is 37.3 Å². The number of aliphatic hydroxyl groups is 1. The normalized spacial score (nSPS) is 14.0. The van der Waals surface area contributed by atoms with Crippen molar-refractivity contribution in [3.8, 4) is 5.75 Å². The lowest BCUT2D eigenvalue weighted by atomic mass is 9.99. The first-order valence-corrected chi connectivity index (χ1v) is 13.0. The summed E-state index contributed by atoms with van der Waals surface area (Å²) in [7, 11) is -2.02. The zero-order valence-corrected chi connectivity index (χ0v) is 21.3. The zero-order valence-electron chi connectivity index (χ0n) is 19.4. The zero-order chi connectivity index (χ0) is 25.6. The van der Waals surface area contributed by atoms with E-state index >= 15 is 0 Å². The van der Waals surface area contributed by atoms with Crippen LogP contribution in [-0.2, 0) is 20.2 Å². The van der Waals surface area contributed by atoms with Gasteiger partial charge in [-0.25, -0.2) is 12.8 Å². The van der Waals surface area contributed by atoms with Crippen LogP contribution >= 0.6 is 9.24 Å². The second kappa shape index (κ2) is 11.2. The summed E-state index contributed by atoms with van der Waals surface area (Å²) in [6.45, 7) is 2.85. The number of carbonyl (C=O) groups excluding carboxylic acids is 1. The van der Waals surface area contributed by atoms with Crippen molar-refractivity contribution >= 4 is 36.5 Å². The predicted molar refractivity (Wildman–Crippen MR) is 138 cm³/mol. The molecule has 10 heteroatoms. The fourth-order valence-corrected chi connectivity index (χ4v) is 4.78. The molecule has 0 radical (unpaired) electrons. The molecule has 0 aromatic heterocycles. The molecule has 0 saturated heterocycles. The van der Waals surface area contributed by atoms with Crippen LogP contribution in [0.2, 0.25) is 0 Å². The second-order valence-electron chi connectivity index (χ2n) is 7.99. The Balaban J connectivity index is 1.87. The molecule has 0 aliphatic heterocycles. The number of sulfonamides is 1. The van der Waals surface area contributed by atoms with Gasteiger partial charge in [0.15, 0.2) is 0 Å². The van der Waals surface area contributed by atoms with Gasteiger partial charge >= 0.3 is 0 Å². The summed E-state index contributed by atoms with van der Waals surface area (Å²) in [6.07, 6.45) is 0. The van der Waals surface area contributed by atoms with Crippen LogP contribution in [-0.4, -0.2) is 32.6 Å². The van der Waals surface area contributed by atoms with E-state index in [4.69, 9.17) is 4.74 Å². The number of halogens is 1. The molecule has 3 rings (SSSR count). The van der Waals surface area contributed by atoms with Crippen molar-refractivity contribution < 1.29 is 27.4 Å². The minimum Gasteiger partial charge on any atom is -0.492 e. The van der Waals surface area contributed by atoms with Crippen molar-refractivity contribution in [1.29, 1.82) is 0 Å². The largest absolute Gasteiger partial charge is 0.492 e. The van der Waals surface area contributed by atoms with Gasteiger partial charge in [-0.05, 0) is 49.2 Å². The quantitative estimate of drug-likeness (QED) is 0.340. The van der Waals surface area contributed by atoms with Gasteiger partial charge in [-0.15, -0.1) is 0 Å². The highest BCUT2D eigenvalue weighted by Gasteiger charge is 2.24. The highest BCUT2D eigenvalue weighted by molar-refractivity contribution is 7.92. The molecule has 3 N–H and O–H groups in total. The average molecular weight is 519 g/mol. The highest BCUT2D eigenvalue weighted by atomic mass is 32.2. The molecule has 1 amide bonds. The number of benzene rings is 3. The Bertz CT molecular complexity index is 1280. The van der Waals surface area contributed by atoms with Crippen molar-refractivity contribution in [2.45, 2.75) is 30.1 Å². The van der Waals surface area contributed by atoms with Crippen LogP contribution in [0.4, 0.5) is 15.8 Å². The first-order chi connectivity index (χ1) is 16.5. The molecule has 0 spiro atoms. The number of ether oxygens (including phenoxy) is 1. The van der Waals surface area contributed by atoms with Crippen molar-refractivity contribution in [1.82, 2.24) is 0 Å². The molecule has 186 valence electrons. The van der Waals surface area contributed by atoms with Gasteiger partial charge in [-0.2, -0.15) is 0 Å². The van der Waals surface area contributed by atoms with Gasteiger partial charge in [0.1, 0.15) is 16.1 Å². The van der Waals surface area contributed by atoms with E-state index < -0.39 is 33.9 Å². The Hall–Kier alpha value is -3.00. The second-order valence-corrected chi connectivity index (χ2v) is 10.7. The van der Waals surface area contributed by atoms with Crippen LogP contribution in [0.1, 0.15) is 30.9 Å². The molecule has 2 unspecified atom stereocenters. The van der Waals surface area contributed by atoms with Gasteiger partial charge in [0.2, 0.25) is 5.91 Å². The lowest BCUT2D eigenvalue weighted by Gasteiger charge is -2.18. The third-order valence-corrected chi connectivity index (χ3v) is 6.93. The number of aliphatic hydroxyl groups excluding tert-OH is 1. The Morgan fingerprint density at radius 3 is 2.43 bits per heavy atom. The minimum atomic E-state index is -4.09. The van der Waals surface area contributed by atoms with Crippen LogP contribution in [0.15, 0.2) is 77.7 Å². The fourth-order valence-electron chi connectivity index (χ4n) is 3.43. The molecule has 35 heavy (non-hydrogen) atoms. The number of nitrogens with one attached hydrogen (secondary N) is 2. The molecule has 0 bridgehead atoms. The maximum Gasteiger partial charge on any atom is 0.265 e. The van der Waals surface area contributed by atoms with Crippen molar-refractivity contribution in [3.05, 3.63) is 83.9 Å². The van der Waals surface area contributed by atoms with Crippen molar-refractivity contribution in [2.75, 3.05) is 23.3 Å². The van der Waals surface area contributed by atoms with Crippen molar-refractivity contribution in [3.63, 3.8) is 0 Å². The summed E-state index contributed by atoms with van der Waals surface area (Å²) < 4.78 is 48.5. The van der Waals surface area contributed by atoms with E-state index in [-0.39, 0.29) is 22.9 Å². The monoisotopic (exact) mass is 518 g/mol. The summed E-state index contributed by atoms with van der Waals surface area (Å²) in [5, 5.41) is 10.7. The fraction of sp³-hybridized carbons (Fsp3) is 0.240. The summed E-state index contributed by atoms with van der Waals surface area (Å²) in [4.78, 5) is 12.6. The van der Waals surface area contributed by atoms with E-state index in [1.807, 2.05) is 6.07 Å². The number of alkyl halides is 1. The van der Waals surface area contributed by atoms with E-state index in [2.05, 4.69) is 19.3 Å². The van der Waals surface area contributed by atoms with Gasteiger partial charge < -0.3 is 15.2 Å². The standard InChI is InChI=1S/C25H28FN2O5PS/c1-3-33-22-15-19(27-24(30)21(16-29)17-8-5-4-6-9-17)12-13-23(22)35(31,32)28-20-11-7-10-18(14-20)25(2,26)34/h4-15,21,28-29H,3,16,34H2,1-2H3,(H,27,30)/t21-,25?/m0/s1. The van der Waals surface area contributed by atoms with Crippen molar-refractivity contribution in [2.24, 2.45) is 0 Å². The Morgan fingerprint density at radius 1 is 1.09 bits per heavy atom. The number of carbonyl (C=O) groups is 1. The maximum atomic E-state index is 14.3. The molecule has 0 aliphatic rings. The molecule has 0 aliphatic carbocycles. The summed E-state index contributed by atoms with van der Waals surface area (Å²) in [6, 6.07) is 19.1. The topological polar surface area (TPSA) is 105 Å². The minimum absolute atomic E-state index is 0.0376. The van der Waals surface area contributed by atoms with Crippen LogP contribution in [0, 0.1) is 0 Å². The lowest BCUT2D eigenvalue weighted by Crippen LogP contribution is -2.24. The van der Waals surface area contributed by atoms with Gasteiger partial charge in [0.25, 0.3) is 10.0 Å². The molecule has 3 aromatic carbocycles. The predicted octanol–water partition coefficient (Wildman–Crippen LogP) is 4.62. The van der Waals surface area contributed by atoms with Crippen LogP contribution in [0.3, 0.4) is 0 Å². The van der Waals surface area contributed by atoms with E-state index in [9.17, 15) is 22.7 Å². The number of anilines is 2. The van der Waals surface area contributed by atoms with Crippen LogP contribution < -0.4 is 14.8 Å². The Kier molecular flexibility index (Phi) is 8.48. The first kappa shape index (κ1) is 26.6. The van der Waals surface area contributed by atoms with E-state index in [0.29, 0.717) is 16.8 Å². The van der Waals surface area contributed by atoms with Crippen LogP contribution in [0.25, 0.3) is 0 Å². The molecule has 7 nitrogen and oxygen atoms in total. The van der Waals surface area contributed by atoms with E-state index in [0.717, 1.165) is 0 Å². The smallest absolute Gasteiger partial charge is 0.265 e. The maximum absolute atomic E-state index is 14.3. The first-order valence-electron chi connectivity index (χ1n) is 10.9.